The van der Waals surface area contributed by atoms with Crippen LogP contribution in [0.3, 0.4) is 0 Å². The minimum atomic E-state index is 0.340. The Morgan fingerprint density at radius 3 is 2.71 bits per heavy atom. The first-order chi connectivity index (χ1) is 10.2. The summed E-state index contributed by atoms with van der Waals surface area (Å²) in [6.45, 7) is 5.05. The van der Waals surface area contributed by atoms with Crippen LogP contribution in [0, 0.1) is 0 Å². The molecule has 0 aliphatic carbocycles. The molecule has 3 rings (SSSR count). The lowest BCUT2D eigenvalue weighted by Crippen LogP contribution is -2.50. The van der Waals surface area contributed by atoms with Crippen LogP contribution in [0.5, 0.6) is 5.75 Å². The van der Waals surface area contributed by atoms with E-state index in [2.05, 4.69) is 53.5 Å². The van der Waals surface area contributed by atoms with Crippen molar-refractivity contribution in [2.24, 2.45) is 0 Å². The fourth-order valence-electron chi connectivity index (χ4n) is 3.05. The number of phenolic OH excluding ortho intramolecular Hbond substituents is 1. The van der Waals surface area contributed by atoms with E-state index < -0.39 is 0 Å². The summed E-state index contributed by atoms with van der Waals surface area (Å²) in [5.41, 5.74) is 2.50. The van der Waals surface area contributed by atoms with Gasteiger partial charge in [-0.25, -0.2) is 0 Å². The van der Waals surface area contributed by atoms with Gasteiger partial charge in [0.2, 0.25) is 0 Å². The predicted octanol–water partition coefficient (Wildman–Crippen LogP) is 2.93. The Balaban J connectivity index is 1.82. The molecule has 0 aromatic heterocycles. The first-order valence-corrected chi connectivity index (χ1v) is 7.52. The van der Waals surface area contributed by atoms with Gasteiger partial charge in [-0.05, 0) is 30.2 Å². The molecule has 0 bridgehead atoms. The van der Waals surface area contributed by atoms with Crippen molar-refractivity contribution in [2.75, 3.05) is 13.1 Å². The van der Waals surface area contributed by atoms with Crippen LogP contribution in [-0.2, 0) is 6.54 Å². The van der Waals surface area contributed by atoms with Gasteiger partial charge in [0.25, 0.3) is 0 Å². The summed E-state index contributed by atoms with van der Waals surface area (Å²) in [7, 11) is 0. The van der Waals surface area contributed by atoms with Gasteiger partial charge in [-0.3, -0.25) is 4.90 Å². The molecule has 2 N–H and O–H groups in total. The highest BCUT2D eigenvalue weighted by Crippen LogP contribution is 2.26. The van der Waals surface area contributed by atoms with Crippen LogP contribution in [0.1, 0.15) is 24.1 Å². The van der Waals surface area contributed by atoms with Crippen molar-refractivity contribution < 1.29 is 5.11 Å². The highest BCUT2D eigenvalue weighted by molar-refractivity contribution is 5.28. The summed E-state index contributed by atoms with van der Waals surface area (Å²) >= 11 is 0. The number of nitrogens with one attached hydrogen (secondary N) is 1. The molecule has 1 heterocycles. The van der Waals surface area contributed by atoms with Crippen molar-refractivity contribution in [2.45, 2.75) is 25.6 Å². The quantitative estimate of drug-likeness (QED) is 0.908. The molecule has 2 aromatic carbocycles. The average Bonchev–Trinajstić information content (AvgIpc) is 2.48. The SMILES string of the molecule is CC1CN(Cc2cccc(O)c2)C(c2ccccc2)CN1. The van der Waals surface area contributed by atoms with Gasteiger partial charge in [0.1, 0.15) is 5.75 Å². The lowest BCUT2D eigenvalue weighted by Gasteiger charge is -2.39. The molecule has 2 aromatic rings. The topological polar surface area (TPSA) is 35.5 Å². The molecule has 0 amide bonds. The Kier molecular flexibility index (Phi) is 4.23. The molecule has 0 radical (unpaired) electrons. The van der Waals surface area contributed by atoms with Crippen LogP contribution in [0.4, 0.5) is 0 Å². The van der Waals surface area contributed by atoms with Crippen molar-refractivity contribution in [3.8, 4) is 5.75 Å². The standard InChI is InChI=1S/C18H22N2O/c1-14-12-20(13-15-6-5-9-17(21)10-15)18(11-19-14)16-7-3-2-4-8-16/h2-10,14,18-19,21H,11-13H2,1H3. The number of phenols is 1. The minimum Gasteiger partial charge on any atom is -0.508 e. The number of hydrogen-bond donors (Lipinski definition) is 2. The maximum Gasteiger partial charge on any atom is 0.115 e. The lowest BCUT2D eigenvalue weighted by atomic mass is 10.0. The highest BCUT2D eigenvalue weighted by atomic mass is 16.3. The Hall–Kier alpha value is -1.84. The average molecular weight is 282 g/mol. The maximum atomic E-state index is 9.65. The molecule has 0 saturated carbocycles. The molecule has 0 spiro atoms. The van der Waals surface area contributed by atoms with E-state index in [-0.39, 0.29) is 0 Å². The van der Waals surface area contributed by atoms with E-state index in [4.69, 9.17) is 0 Å². The molecule has 3 heteroatoms. The first kappa shape index (κ1) is 14.1. The molecular weight excluding hydrogens is 260 g/mol. The van der Waals surface area contributed by atoms with Gasteiger partial charge in [-0.2, -0.15) is 0 Å². The Labute approximate surface area is 126 Å². The molecule has 3 nitrogen and oxygen atoms in total. The Morgan fingerprint density at radius 1 is 1.14 bits per heavy atom. The van der Waals surface area contributed by atoms with Crippen LogP contribution < -0.4 is 5.32 Å². The molecule has 1 saturated heterocycles. The summed E-state index contributed by atoms with van der Waals surface area (Å²) in [5, 5.41) is 13.2. The van der Waals surface area contributed by atoms with E-state index >= 15 is 0 Å². The van der Waals surface area contributed by atoms with Crippen molar-refractivity contribution in [1.82, 2.24) is 10.2 Å². The third kappa shape index (κ3) is 3.43. The molecular formula is C18H22N2O. The van der Waals surface area contributed by atoms with E-state index in [1.54, 1.807) is 6.07 Å². The van der Waals surface area contributed by atoms with Crippen LogP contribution in [0.25, 0.3) is 0 Å². The van der Waals surface area contributed by atoms with E-state index in [1.165, 1.54) is 5.56 Å². The fourth-order valence-corrected chi connectivity index (χ4v) is 3.05. The van der Waals surface area contributed by atoms with Gasteiger partial charge in [-0.15, -0.1) is 0 Å². The van der Waals surface area contributed by atoms with Gasteiger partial charge in [-0.1, -0.05) is 42.5 Å². The summed E-state index contributed by atoms with van der Waals surface area (Å²) in [5.74, 6) is 0.340. The van der Waals surface area contributed by atoms with Crippen LogP contribution in [0.15, 0.2) is 54.6 Å². The van der Waals surface area contributed by atoms with Crippen molar-refractivity contribution in [1.29, 1.82) is 0 Å². The summed E-state index contributed by atoms with van der Waals surface area (Å²) in [6, 6.07) is 19.1. The number of nitrogens with zero attached hydrogens (tertiary/aromatic N) is 1. The van der Waals surface area contributed by atoms with Crippen LogP contribution in [0.2, 0.25) is 0 Å². The lowest BCUT2D eigenvalue weighted by molar-refractivity contribution is 0.127. The molecule has 1 aliphatic heterocycles. The molecule has 1 fully saturated rings. The van der Waals surface area contributed by atoms with E-state index in [0.29, 0.717) is 17.8 Å². The Morgan fingerprint density at radius 2 is 1.95 bits per heavy atom. The summed E-state index contributed by atoms with van der Waals surface area (Å²) in [4.78, 5) is 2.49. The van der Waals surface area contributed by atoms with Gasteiger partial charge in [0.15, 0.2) is 0 Å². The summed E-state index contributed by atoms with van der Waals surface area (Å²) in [6.07, 6.45) is 0. The van der Waals surface area contributed by atoms with E-state index in [1.807, 2.05) is 12.1 Å². The second kappa shape index (κ2) is 6.29. The monoisotopic (exact) mass is 282 g/mol. The van der Waals surface area contributed by atoms with Gasteiger partial charge >= 0.3 is 0 Å². The van der Waals surface area contributed by atoms with Crippen LogP contribution >= 0.6 is 0 Å². The second-order valence-corrected chi connectivity index (χ2v) is 5.84. The molecule has 2 atom stereocenters. The number of rotatable bonds is 3. The largest absolute Gasteiger partial charge is 0.508 e. The number of aromatic hydroxyl groups is 1. The Bertz CT molecular complexity index is 585. The third-order valence-corrected chi connectivity index (χ3v) is 4.09. The molecule has 110 valence electrons. The fraction of sp³-hybridized carbons (Fsp3) is 0.333. The zero-order chi connectivity index (χ0) is 14.7. The molecule has 1 aliphatic rings. The molecule has 2 unspecified atom stereocenters. The first-order valence-electron chi connectivity index (χ1n) is 7.52. The smallest absolute Gasteiger partial charge is 0.115 e. The minimum absolute atomic E-state index is 0.340. The van der Waals surface area contributed by atoms with Crippen molar-refractivity contribution >= 4 is 0 Å². The van der Waals surface area contributed by atoms with E-state index in [0.717, 1.165) is 25.2 Å². The maximum absolute atomic E-state index is 9.65. The normalized spacial score (nSPS) is 23.1. The molecule has 21 heavy (non-hydrogen) atoms. The number of hydrogen-bond acceptors (Lipinski definition) is 3. The van der Waals surface area contributed by atoms with Gasteiger partial charge in [0.05, 0.1) is 0 Å². The number of piperazine rings is 1. The van der Waals surface area contributed by atoms with E-state index in [9.17, 15) is 5.11 Å². The predicted molar refractivity (Wildman–Crippen MR) is 85.2 cm³/mol. The highest BCUT2D eigenvalue weighted by Gasteiger charge is 2.26. The third-order valence-electron chi connectivity index (χ3n) is 4.09. The number of benzene rings is 2. The van der Waals surface area contributed by atoms with Gasteiger partial charge in [0, 0.05) is 31.7 Å². The zero-order valence-electron chi connectivity index (χ0n) is 12.4. The van der Waals surface area contributed by atoms with Crippen molar-refractivity contribution in [3.63, 3.8) is 0 Å². The summed E-state index contributed by atoms with van der Waals surface area (Å²) < 4.78 is 0. The van der Waals surface area contributed by atoms with Gasteiger partial charge < -0.3 is 10.4 Å². The zero-order valence-corrected chi connectivity index (χ0v) is 12.4. The second-order valence-electron chi connectivity index (χ2n) is 5.84. The van der Waals surface area contributed by atoms with Crippen LogP contribution in [-0.4, -0.2) is 29.1 Å². The van der Waals surface area contributed by atoms with Crippen molar-refractivity contribution in [3.05, 3.63) is 65.7 Å².